The molecule has 0 bridgehead atoms. The fourth-order valence-electron chi connectivity index (χ4n) is 4.06. The number of hydrogen-bond donors (Lipinski definition) is 0. The second-order valence-electron chi connectivity index (χ2n) is 8.08. The number of benzene rings is 3. The van der Waals surface area contributed by atoms with E-state index >= 15 is 0 Å². The van der Waals surface area contributed by atoms with Crippen LogP contribution in [-0.4, -0.2) is 17.4 Å². The van der Waals surface area contributed by atoms with Gasteiger partial charge in [-0.05, 0) is 48.7 Å². The van der Waals surface area contributed by atoms with E-state index in [1.54, 1.807) is 6.08 Å². The first-order chi connectivity index (χ1) is 15.0. The number of aryl methyl sites for hydroxylation is 2. The van der Waals surface area contributed by atoms with Crippen molar-refractivity contribution in [2.45, 2.75) is 26.9 Å². The van der Waals surface area contributed by atoms with Gasteiger partial charge in [0.05, 0.1) is 11.1 Å². The summed E-state index contributed by atoms with van der Waals surface area (Å²) in [5, 5.41) is 0. The number of ketones is 1. The first-order valence-corrected chi connectivity index (χ1v) is 11.0. The minimum absolute atomic E-state index is 0.0817. The fraction of sp³-hybridized carbons (Fsp3) is 0.192. The van der Waals surface area contributed by atoms with Crippen molar-refractivity contribution in [3.8, 4) is 11.5 Å². The molecular weight excluding hydrogens is 454 g/mol. The molecule has 156 valence electrons. The summed E-state index contributed by atoms with van der Waals surface area (Å²) >= 11 is 3.54. The van der Waals surface area contributed by atoms with Crippen LogP contribution in [0.4, 0.5) is 0 Å². The average Bonchev–Trinajstić information content (AvgIpc) is 3.09. The highest BCUT2D eigenvalue weighted by Gasteiger charge is 2.35. The van der Waals surface area contributed by atoms with Crippen molar-refractivity contribution in [3.63, 3.8) is 0 Å². The summed E-state index contributed by atoms with van der Waals surface area (Å²) in [5.74, 6) is 1.69. The van der Waals surface area contributed by atoms with Gasteiger partial charge in [-0.3, -0.25) is 9.69 Å². The molecule has 2 aliphatic heterocycles. The van der Waals surface area contributed by atoms with E-state index in [1.165, 1.54) is 11.1 Å². The number of carbonyl (C=O) groups is 1. The fourth-order valence-corrected chi connectivity index (χ4v) is 4.46. The molecule has 3 aromatic carbocycles. The lowest BCUT2D eigenvalue weighted by Crippen LogP contribution is -2.31. The van der Waals surface area contributed by atoms with Gasteiger partial charge in [-0.2, -0.15) is 0 Å². The molecule has 2 aliphatic rings. The molecule has 0 amide bonds. The molecule has 0 atom stereocenters. The summed E-state index contributed by atoms with van der Waals surface area (Å²) in [6, 6.07) is 18.3. The van der Waals surface area contributed by atoms with E-state index in [4.69, 9.17) is 9.47 Å². The number of Topliss-reactive ketones (excluding diaryl/α,β-unsaturated/α-hetero) is 1. The molecule has 0 N–H and O–H groups in total. The number of hydrogen-bond acceptors (Lipinski definition) is 4. The Kier molecular flexibility index (Phi) is 5.16. The molecule has 0 saturated heterocycles. The zero-order chi connectivity index (χ0) is 21.5. The largest absolute Gasteiger partial charge is 0.478 e. The van der Waals surface area contributed by atoms with Gasteiger partial charge in [0, 0.05) is 17.6 Å². The Morgan fingerprint density at radius 3 is 2.65 bits per heavy atom. The summed E-state index contributed by atoms with van der Waals surface area (Å²) in [5.41, 5.74) is 5.82. The van der Waals surface area contributed by atoms with Crippen molar-refractivity contribution >= 4 is 27.8 Å². The topological polar surface area (TPSA) is 38.8 Å². The normalized spacial score (nSPS) is 16.6. The van der Waals surface area contributed by atoms with Gasteiger partial charge in [-0.25, -0.2) is 0 Å². The molecule has 0 fully saturated rings. The van der Waals surface area contributed by atoms with Crippen LogP contribution in [-0.2, 0) is 13.1 Å². The van der Waals surface area contributed by atoms with Crippen LogP contribution < -0.4 is 9.47 Å². The lowest BCUT2D eigenvalue weighted by molar-refractivity contribution is 0.0872. The lowest BCUT2D eigenvalue weighted by atomic mass is 9.98. The van der Waals surface area contributed by atoms with Crippen LogP contribution in [0, 0.1) is 13.8 Å². The lowest BCUT2D eigenvalue weighted by Gasteiger charge is -2.30. The van der Waals surface area contributed by atoms with E-state index < -0.39 is 0 Å². The van der Waals surface area contributed by atoms with Crippen molar-refractivity contribution in [1.29, 1.82) is 0 Å². The molecule has 0 aliphatic carbocycles. The average molecular weight is 476 g/mol. The van der Waals surface area contributed by atoms with Crippen molar-refractivity contribution in [1.82, 2.24) is 4.90 Å². The number of carbonyl (C=O) groups excluding carboxylic acids is 1. The molecule has 3 aromatic rings. The second-order valence-corrected chi connectivity index (χ2v) is 8.94. The van der Waals surface area contributed by atoms with Gasteiger partial charge in [-0.15, -0.1) is 0 Å². The third-order valence-electron chi connectivity index (χ3n) is 5.71. The molecule has 0 radical (unpaired) electrons. The van der Waals surface area contributed by atoms with E-state index in [-0.39, 0.29) is 5.78 Å². The maximum Gasteiger partial charge on any atom is 0.232 e. The number of rotatable bonds is 3. The number of nitrogens with zero attached hydrogens (tertiary/aromatic N) is 1. The first-order valence-electron chi connectivity index (χ1n) is 10.3. The standard InChI is InChI=1S/C26H22BrNO3/c1-16-7-9-18(10-8-16)13-28-14-20-22(30-15-28)11-17(2)24-25(29)23(31-26(20)24)12-19-5-3-4-6-21(19)27/h3-12H,13-15H2,1-2H3/b23-12-. The minimum Gasteiger partial charge on any atom is -0.478 e. The molecule has 5 rings (SSSR count). The van der Waals surface area contributed by atoms with Crippen LogP contribution in [0.5, 0.6) is 11.5 Å². The van der Waals surface area contributed by atoms with Gasteiger partial charge in [0.25, 0.3) is 0 Å². The maximum absolute atomic E-state index is 13.2. The molecular formula is C26H22BrNO3. The number of fused-ring (bicyclic) bond motifs is 3. The number of allylic oxidation sites excluding steroid dienone is 1. The van der Waals surface area contributed by atoms with Gasteiger partial charge in [0.15, 0.2) is 5.76 Å². The first kappa shape index (κ1) is 20.0. The Morgan fingerprint density at radius 2 is 1.87 bits per heavy atom. The van der Waals surface area contributed by atoms with Gasteiger partial charge in [0.1, 0.15) is 18.2 Å². The molecule has 5 heteroatoms. The Balaban J connectivity index is 1.47. The smallest absolute Gasteiger partial charge is 0.232 e. The van der Waals surface area contributed by atoms with Crippen LogP contribution >= 0.6 is 15.9 Å². The van der Waals surface area contributed by atoms with E-state index in [0.717, 1.165) is 33.5 Å². The highest BCUT2D eigenvalue weighted by molar-refractivity contribution is 9.10. The Labute approximate surface area is 190 Å². The quantitative estimate of drug-likeness (QED) is 0.433. The monoisotopic (exact) mass is 475 g/mol. The third-order valence-corrected chi connectivity index (χ3v) is 6.43. The summed E-state index contributed by atoms with van der Waals surface area (Å²) in [4.78, 5) is 15.4. The van der Waals surface area contributed by atoms with E-state index in [2.05, 4.69) is 52.0 Å². The third kappa shape index (κ3) is 3.80. The number of halogens is 1. The Hall–Kier alpha value is -2.89. The van der Waals surface area contributed by atoms with E-state index in [0.29, 0.717) is 30.3 Å². The van der Waals surface area contributed by atoms with Crippen molar-refractivity contribution in [2.75, 3.05) is 6.73 Å². The summed E-state index contributed by atoms with van der Waals surface area (Å²) in [7, 11) is 0. The van der Waals surface area contributed by atoms with Crippen molar-refractivity contribution in [2.24, 2.45) is 0 Å². The number of ether oxygens (including phenoxy) is 2. The molecule has 4 nitrogen and oxygen atoms in total. The zero-order valence-electron chi connectivity index (χ0n) is 17.4. The zero-order valence-corrected chi connectivity index (χ0v) is 19.0. The van der Waals surface area contributed by atoms with Crippen molar-refractivity contribution in [3.05, 3.63) is 98.2 Å². The van der Waals surface area contributed by atoms with Crippen LogP contribution in [0.3, 0.4) is 0 Å². The van der Waals surface area contributed by atoms with Crippen LogP contribution in [0.25, 0.3) is 6.08 Å². The second kappa shape index (κ2) is 7.98. The van der Waals surface area contributed by atoms with Crippen LogP contribution in [0.15, 0.2) is 64.8 Å². The predicted octanol–water partition coefficient (Wildman–Crippen LogP) is 6.03. The Bertz CT molecular complexity index is 1210. The Morgan fingerprint density at radius 1 is 1.10 bits per heavy atom. The van der Waals surface area contributed by atoms with Gasteiger partial charge in [-0.1, -0.05) is 64.0 Å². The van der Waals surface area contributed by atoms with E-state index in [1.807, 2.05) is 37.3 Å². The minimum atomic E-state index is -0.0817. The van der Waals surface area contributed by atoms with Gasteiger partial charge < -0.3 is 9.47 Å². The molecule has 0 aromatic heterocycles. The molecule has 31 heavy (non-hydrogen) atoms. The summed E-state index contributed by atoms with van der Waals surface area (Å²) in [6.45, 7) is 5.97. The molecule has 0 saturated carbocycles. The summed E-state index contributed by atoms with van der Waals surface area (Å²) < 4.78 is 13.1. The predicted molar refractivity (Wildman–Crippen MR) is 124 cm³/mol. The van der Waals surface area contributed by atoms with Crippen molar-refractivity contribution < 1.29 is 14.3 Å². The SMILES string of the molecule is Cc1ccc(CN2COc3cc(C)c4c(c3C2)O/C(=C\c2ccccc2Br)C4=O)cc1. The van der Waals surface area contributed by atoms with Crippen LogP contribution in [0.2, 0.25) is 0 Å². The highest BCUT2D eigenvalue weighted by Crippen LogP contribution is 2.44. The molecule has 2 heterocycles. The van der Waals surface area contributed by atoms with Gasteiger partial charge >= 0.3 is 0 Å². The highest BCUT2D eigenvalue weighted by atomic mass is 79.9. The van der Waals surface area contributed by atoms with E-state index in [9.17, 15) is 4.79 Å². The summed E-state index contributed by atoms with van der Waals surface area (Å²) in [6.07, 6.45) is 1.80. The van der Waals surface area contributed by atoms with Crippen LogP contribution in [0.1, 0.15) is 38.2 Å². The molecule has 0 unspecified atom stereocenters. The van der Waals surface area contributed by atoms with Gasteiger partial charge in [0.2, 0.25) is 5.78 Å². The molecule has 0 spiro atoms. The maximum atomic E-state index is 13.2.